The number of hydrogen-bond acceptors (Lipinski definition) is 1. The lowest BCUT2D eigenvalue weighted by molar-refractivity contribution is -0.136. The number of halogens is 2. The van der Waals surface area contributed by atoms with Crippen molar-refractivity contribution < 1.29 is 9.90 Å². The Bertz CT molecular complexity index is 571. The first-order valence-electron chi connectivity index (χ1n) is 5.82. The highest BCUT2D eigenvalue weighted by molar-refractivity contribution is 6.35. The molecule has 2 nitrogen and oxygen atoms in total. The average Bonchev–Trinajstić information content (AvgIpc) is 2.36. The fraction of sp³-hybridized carbons (Fsp3) is 0.133. The van der Waals surface area contributed by atoms with E-state index >= 15 is 0 Å². The van der Waals surface area contributed by atoms with E-state index < -0.39 is 5.97 Å². The number of carbonyl (C=O) groups is 1. The molecule has 2 rings (SSSR count). The molecule has 0 spiro atoms. The highest BCUT2D eigenvalue weighted by Gasteiger charge is 2.03. The SMILES string of the molecule is O=C(O)CCc1ccc(-c2cc(Cl)cc(Cl)c2)cc1. The van der Waals surface area contributed by atoms with E-state index in [1.807, 2.05) is 36.4 Å². The van der Waals surface area contributed by atoms with Crippen LogP contribution in [0.15, 0.2) is 42.5 Å². The Morgan fingerprint density at radius 2 is 1.53 bits per heavy atom. The van der Waals surface area contributed by atoms with Crippen molar-refractivity contribution in [2.75, 3.05) is 0 Å². The minimum atomic E-state index is -0.786. The number of aliphatic carboxylic acids is 1. The van der Waals surface area contributed by atoms with Gasteiger partial charge in [-0.3, -0.25) is 4.79 Å². The summed E-state index contributed by atoms with van der Waals surface area (Å²) in [6.07, 6.45) is 0.675. The third-order valence-corrected chi connectivity index (χ3v) is 3.21. The van der Waals surface area contributed by atoms with Crippen molar-refractivity contribution in [3.05, 3.63) is 58.1 Å². The largest absolute Gasteiger partial charge is 0.481 e. The molecule has 0 amide bonds. The molecule has 1 N–H and O–H groups in total. The Kier molecular flexibility index (Phi) is 4.46. The van der Waals surface area contributed by atoms with Crippen LogP contribution < -0.4 is 0 Å². The molecule has 0 unspecified atom stereocenters. The minimum absolute atomic E-state index is 0.141. The van der Waals surface area contributed by atoms with Crippen LogP contribution in [0.2, 0.25) is 10.0 Å². The minimum Gasteiger partial charge on any atom is -0.481 e. The normalized spacial score (nSPS) is 10.4. The molecule has 0 aliphatic heterocycles. The summed E-state index contributed by atoms with van der Waals surface area (Å²) in [5.41, 5.74) is 2.95. The van der Waals surface area contributed by atoms with Gasteiger partial charge in [-0.15, -0.1) is 0 Å². The van der Waals surface area contributed by atoms with Gasteiger partial charge < -0.3 is 5.11 Å². The van der Waals surface area contributed by atoms with Crippen molar-refractivity contribution >= 4 is 29.2 Å². The van der Waals surface area contributed by atoms with E-state index in [-0.39, 0.29) is 6.42 Å². The first-order valence-corrected chi connectivity index (χ1v) is 6.57. The van der Waals surface area contributed by atoms with Crippen LogP contribution >= 0.6 is 23.2 Å². The van der Waals surface area contributed by atoms with E-state index in [0.717, 1.165) is 16.7 Å². The summed E-state index contributed by atoms with van der Waals surface area (Å²) in [4.78, 5) is 10.5. The predicted octanol–water partition coefficient (Wildman–Crippen LogP) is 4.68. The summed E-state index contributed by atoms with van der Waals surface area (Å²) in [7, 11) is 0. The Balaban J connectivity index is 2.19. The van der Waals surface area contributed by atoms with Crippen molar-refractivity contribution in [3.8, 4) is 11.1 Å². The summed E-state index contributed by atoms with van der Waals surface area (Å²) in [5.74, 6) is -0.786. The molecule has 0 aromatic heterocycles. The molecule has 0 saturated carbocycles. The second-order valence-corrected chi connectivity index (χ2v) is 5.12. The fourth-order valence-corrected chi connectivity index (χ4v) is 2.36. The van der Waals surface area contributed by atoms with Crippen LogP contribution in [0.25, 0.3) is 11.1 Å². The summed E-state index contributed by atoms with van der Waals surface area (Å²) in [5, 5.41) is 9.83. The standard InChI is InChI=1S/C15H12Cl2O2/c16-13-7-12(8-14(17)9-13)11-4-1-10(2-5-11)3-6-15(18)19/h1-2,4-5,7-9H,3,6H2,(H,18,19). The molecular weight excluding hydrogens is 283 g/mol. The first kappa shape index (κ1) is 13.9. The van der Waals surface area contributed by atoms with Gasteiger partial charge in [-0.1, -0.05) is 47.5 Å². The molecule has 0 fully saturated rings. The Hall–Kier alpha value is -1.51. The lowest BCUT2D eigenvalue weighted by Gasteiger charge is -2.05. The van der Waals surface area contributed by atoms with Crippen LogP contribution in [0.3, 0.4) is 0 Å². The maximum atomic E-state index is 10.5. The van der Waals surface area contributed by atoms with Crippen LogP contribution in [0.5, 0.6) is 0 Å². The van der Waals surface area contributed by atoms with Gasteiger partial charge in [0, 0.05) is 16.5 Å². The van der Waals surface area contributed by atoms with Gasteiger partial charge in [-0.25, -0.2) is 0 Å². The van der Waals surface area contributed by atoms with E-state index in [0.29, 0.717) is 16.5 Å². The molecule has 0 atom stereocenters. The van der Waals surface area contributed by atoms with Crippen molar-refractivity contribution in [2.24, 2.45) is 0 Å². The van der Waals surface area contributed by atoms with E-state index in [1.165, 1.54) is 0 Å². The van der Waals surface area contributed by atoms with Gasteiger partial charge in [-0.2, -0.15) is 0 Å². The topological polar surface area (TPSA) is 37.3 Å². The number of hydrogen-bond donors (Lipinski definition) is 1. The fourth-order valence-electron chi connectivity index (χ4n) is 1.84. The van der Waals surface area contributed by atoms with E-state index in [1.54, 1.807) is 6.07 Å². The number of rotatable bonds is 4. The molecule has 0 radical (unpaired) electrons. The van der Waals surface area contributed by atoms with Crippen molar-refractivity contribution in [3.63, 3.8) is 0 Å². The maximum Gasteiger partial charge on any atom is 0.303 e. The quantitative estimate of drug-likeness (QED) is 0.889. The van der Waals surface area contributed by atoms with Gasteiger partial charge in [0.2, 0.25) is 0 Å². The zero-order valence-corrected chi connectivity index (χ0v) is 11.6. The molecule has 98 valence electrons. The predicted molar refractivity (Wildman–Crippen MR) is 77.9 cm³/mol. The third-order valence-electron chi connectivity index (χ3n) is 2.78. The van der Waals surface area contributed by atoms with Gasteiger partial charge in [0.05, 0.1) is 0 Å². The summed E-state index contributed by atoms with van der Waals surface area (Å²) >= 11 is 11.9. The molecule has 0 heterocycles. The molecule has 4 heteroatoms. The highest BCUT2D eigenvalue weighted by Crippen LogP contribution is 2.27. The molecule has 0 bridgehead atoms. The molecule has 2 aromatic rings. The summed E-state index contributed by atoms with van der Waals surface area (Å²) < 4.78 is 0. The van der Waals surface area contributed by atoms with Gasteiger partial charge in [0.25, 0.3) is 0 Å². The Morgan fingerprint density at radius 3 is 2.05 bits per heavy atom. The van der Waals surface area contributed by atoms with E-state index in [4.69, 9.17) is 28.3 Å². The van der Waals surface area contributed by atoms with Crippen LogP contribution in [-0.4, -0.2) is 11.1 Å². The van der Waals surface area contributed by atoms with Crippen molar-refractivity contribution in [1.29, 1.82) is 0 Å². The van der Waals surface area contributed by atoms with Crippen LogP contribution in [0.1, 0.15) is 12.0 Å². The molecule has 19 heavy (non-hydrogen) atoms. The molecular formula is C15H12Cl2O2. The molecule has 2 aromatic carbocycles. The second kappa shape index (κ2) is 6.09. The molecule has 0 aliphatic carbocycles. The van der Waals surface area contributed by atoms with Crippen LogP contribution in [0.4, 0.5) is 0 Å². The van der Waals surface area contributed by atoms with Crippen molar-refractivity contribution in [2.45, 2.75) is 12.8 Å². The number of carboxylic acid groups (broad SMARTS) is 1. The zero-order valence-electron chi connectivity index (χ0n) is 10.1. The van der Waals surface area contributed by atoms with Crippen LogP contribution in [-0.2, 0) is 11.2 Å². The third kappa shape index (κ3) is 3.98. The first-order chi connectivity index (χ1) is 9.04. The van der Waals surface area contributed by atoms with Crippen LogP contribution in [0, 0.1) is 0 Å². The molecule has 0 saturated heterocycles. The maximum absolute atomic E-state index is 10.5. The number of carboxylic acids is 1. The van der Waals surface area contributed by atoms with E-state index in [9.17, 15) is 4.79 Å². The second-order valence-electron chi connectivity index (χ2n) is 4.25. The zero-order chi connectivity index (χ0) is 13.8. The number of benzene rings is 2. The summed E-state index contributed by atoms with van der Waals surface area (Å²) in [6, 6.07) is 13.1. The molecule has 0 aliphatic rings. The smallest absolute Gasteiger partial charge is 0.303 e. The monoisotopic (exact) mass is 294 g/mol. The van der Waals surface area contributed by atoms with Gasteiger partial charge in [-0.05, 0) is 41.3 Å². The van der Waals surface area contributed by atoms with E-state index in [2.05, 4.69) is 0 Å². The number of aryl methyl sites for hydroxylation is 1. The van der Waals surface area contributed by atoms with Gasteiger partial charge >= 0.3 is 5.97 Å². The lowest BCUT2D eigenvalue weighted by Crippen LogP contribution is -1.97. The average molecular weight is 295 g/mol. The van der Waals surface area contributed by atoms with Crippen molar-refractivity contribution in [1.82, 2.24) is 0 Å². The lowest BCUT2D eigenvalue weighted by atomic mass is 10.0. The Labute approximate surface area is 121 Å². The summed E-state index contributed by atoms with van der Waals surface area (Å²) in [6.45, 7) is 0. The van der Waals surface area contributed by atoms with Gasteiger partial charge in [0.15, 0.2) is 0 Å². The van der Waals surface area contributed by atoms with Gasteiger partial charge in [0.1, 0.15) is 0 Å². The highest BCUT2D eigenvalue weighted by atomic mass is 35.5. The Morgan fingerprint density at radius 1 is 0.947 bits per heavy atom.